The highest BCUT2D eigenvalue weighted by molar-refractivity contribution is 8.00. The molecule has 3 aromatic heterocycles. The Bertz CT molecular complexity index is 1460. The molecule has 42 heavy (non-hydrogen) atoms. The van der Waals surface area contributed by atoms with Crippen molar-refractivity contribution in [1.82, 2.24) is 40.1 Å². The monoisotopic (exact) mass is 592 g/mol. The van der Waals surface area contributed by atoms with Crippen LogP contribution in [0.4, 0.5) is 0 Å². The third-order valence-electron chi connectivity index (χ3n) is 6.52. The summed E-state index contributed by atoms with van der Waals surface area (Å²) in [5, 5.41) is 20.1. The highest BCUT2D eigenvalue weighted by atomic mass is 32.2. The van der Waals surface area contributed by atoms with Crippen LogP contribution >= 0.6 is 11.8 Å². The molecule has 2 unspecified atom stereocenters. The molecule has 0 radical (unpaired) electrons. The van der Waals surface area contributed by atoms with Crippen molar-refractivity contribution in [2.75, 3.05) is 12.4 Å². The van der Waals surface area contributed by atoms with Gasteiger partial charge in [-0.3, -0.25) is 34.2 Å². The van der Waals surface area contributed by atoms with Crippen LogP contribution in [-0.2, 0) is 50.1 Å². The van der Waals surface area contributed by atoms with Crippen LogP contribution in [0.1, 0.15) is 24.0 Å². The first-order valence-corrected chi connectivity index (χ1v) is 14.1. The molecule has 2 atom stereocenters. The zero-order valence-electron chi connectivity index (χ0n) is 22.6. The van der Waals surface area contributed by atoms with Crippen LogP contribution < -0.4 is 5.32 Å². The lowest BCUT2D eigenvalue weighted by Gasteiger charge is -2.49. The van der Waals surface area contributed by atoms with Crippen LogP contribution in [0.25, 0.3) is 0 Å². The number of rotatable bonds is 12. The number of carboxylic acids is 1. The van der Waals surface area contributed by atoms with E-state index in [9.17, 15) is 24.3 Å². The summed E-state index contributed by atoms with van der Waals surface area (Å²) in [7, 11) is 0. The van der Waals surface area contributed by atoms with Crippen LogP contribution in [0.2, 0.25) is 0 Å². The fraction of sp³-hybridized carbons (Fsp3) is 0.333. The molecule has 0 saturated carbocycles. The second-order valence-electron chi connectivity index (χ2n) is 9.69. The lowest BCUT2D eigenvalue weighted by Crippen LogP contribution is -2.70. The molecule has 15 heteroatoms. The third-order valence-corrected chi connectivity index (χ3v) is 7.86. The Hall–Kier alpha value is -4.63. The standard InChI is InChI=1S/C27H28N8O6S/c1-17(36)41-15-18-16-42-26-23(25(38)35(26)24(18)27(39)40)30-22(37)14-34-13-21(31-32-34)12-33(10-19-6-2-4-8-28-19)11-20-7-3-5-9-29-20/h2-9,13,23,26H,10-12,14-16H2,1H3,(H,30,37)(H,39,40). The van der Waals surface area contributed by atoms with E-state index in [1.54, 1.807) is 18.6 Å². The Labute approximate surface area is 244 Å². The van der Waals surface area contributed by atoms with Gasteiger partial charge in [0.25, 0.3) is 5.91 Å². The smallest absolute Gasteiger partial charge is 0.352 e. The SMILES string of the molecule is CC(=O)OCC1=C(C(=O)O)N2C(=O)C(NC(=O)Cn3cc(CN(Cc4ccccn4)Cc4ccccn4)nn3)C2SC1. The maximum atomic E-state index is 12.9. The summed E-state index contributed by atoms with van der Waals surface area (Å²) in [5.74, 6) is -2.61. The Morgan fingerprint density at radius 1 is 1.07 bits per heavy atom. The first-order chi connectivity index (χ1) is 20.3. The lowest BCUT2D eigenvalue weighted by molar-refractivity contribution is -0.151. The molecule has 5 heterocycles. The number of carboxylic acid groups (broad SMARTS) is 1. The van der Waals surface area contributed by atoms with Gasteiger partial charge in [-0.2, -0.15) is 0 Å². The molecule has 14 nitrogen and oxygen atoms in total. The maximum Gasteiger partial charge on any atom is 0.352 e. The van der Waals surface area contributed by atoms with Gasteiger partial charge in [-0.1, -0.05) is 17.3 Å². The summed E-state index contributed by atoms with van der Waals surface area (Å²) in [5.41, 5.74) is 2.53. The molecule has 2 N–H and O–H groups in total. The Balaban J connectivity index is 1.19. The average molecular weight is 593 g/mol. The van der Waals surface area contributed by atoms with Gasteiger partial charge in [0.05, 0.1) is 23.3 Å². The van der Waals surface area contributed by atoms with E-state index in [-0.39, 0.29) is 24.6 Å². The number of fused-ring (bicyclic) bond motifs is 1. The minimum absolute atomic E-state index is 0.173. The number of ether oxygens (including phenoxy) is 1. The quantitative estimate of drug-likeness (QED) is 0.222. The number of carbonyl (C=O) groups excluding carboxylic acids is 3. The molecule has 218 valence electrons. The molecule has 0 spiro atoms. The van der Waals surface area contributed by atoms with E-state index in [0.29, 0.717) is 30.9 Å². The van der Waals surface area contributed by atoms with Crippen molar-refractivity contribution < 1.29 is 29.0 Å². The van der Waals surface area contributed by atoms with Gasteiger partial charge in [0.1, 0.15) is 30.3 Å². The zero-order chi connectivity index (χ0) is 29.6. The number of thioether (sulfide) groups is 1. The third kappa shape index (κ3) is 6.80. The summed E-state index contributed by atoms with van der Waals surface area (Å²) >= 11 is 1.29. The van der Waals surface area contributed by atoms with Crippen molar-refractivity contribution in [3.05, 3.63) is 83.3 Å². The average Bonchev–Trinajstić information content (AvgIpc) is 3.41. The van der Waals surface area contributed by atoms with E-state index in [1.165, 1.54) is 23.4 Å². The van der Waals surface area contributed by atoms with E-state index < -0.39 is 35.2 Å². The maximum absolute atomic E-state index is 12.9. The number of esters is 1. The van der Waals surface area contributed by atoms with E-state index >= 15 is 0 Å². The minimum Gasteiger partial charge on any atom is -0.477 e. The number of nitrogens with one attached hydrogen (secondary N) is 1. The van der Waals surface area contributed by atoms with Crippen LogP contribution in [0.15, 0.2) is 66.3 Å². The minimum atomic E-state index is -1.30. The van der Waals surface area contributed by atoms with Gasteiger partial charge in [0.2, 0.25) is 5.91 Å². The molecule has 2 amide bonds. The fourth-order valence-electron chi connectivity index (χ4n) is 4.68. The Morgan fingerprint density at radius 3 is 2.33 bits per heavy atom. The van der Waals surface area contributed by atoms with E-state index in [4.69, 9.17) is 4.74 Å². The van der Waals surface area contributed by atoms with Gasteiger partial charge < -0.3 is 15.2 Å². The van der Waals surface area contributed by atoms with Crippen molar-refractivity contribution >= 4 is 35.5 Å². The molecule has 2 aliphatic heterocycles. The number of amides is 2. The number of hydrogen-bond donors (Lipinski definition) is 2. The van der Waals surface area contributed by atoms with Gasteiger partial charge in [0.15, 0.2) is 0 Å². The van der Waals surface area contributed by atoms with Gasteiger partial charge >= 0.3 is 11.9 Å². The molecule has 1 saturated heterocycles. The predicted octanol–water partition coefficient (Wildman–Crippen LogP) is 0.572. The number of hydrogen-bond acceptors (Lipinski definition) is 11. The first-order valence-electron chi connectivity index (χ1n) is 13.0. The molecule has 0 aliphatic carbocycles. The molecule has 1 fully saturated rings. The van der Waals surface area contributed by atoms with Crippen LogP contribution in [0, 0.1) is 0 Å². The molecular formula is C27H28N8O6S. The van der Waals surface area contributed by atoms with Crippen molar-refractivity contribution in [3.8, 4) is 0 Å². The van der Waals surface area contributed by atoms with Gasteiger partial charge in [-0.15, -0.1) is 16.9 Å². The summed E-state index contributed by atoms with van der Waals surface area (Å²) < 4.78 is 6.33. The summed E-state index contributed by atoms with van der Waals surface area (Å²) in [6, 6.07) is 10.6. The van der Waals surface area contributed by atoms with Crippen molar-refractivity contribution in [2.24, 2.45) is 0 Å². The second kappa shape index (κ2) is 12.9. The highest BCUT2D eigenvalue weighted by Gasteiger charge is 2.54. The lowest BCUT2D eigenvalue weighted by atomic mass is 10.0. The summed E-state index contributed by atoms with van der Waals surface area (Å²) in [4.78, 5) is 60.8. The van der Waals surface area contributed by atoms with Crippen LogP contribution in [0.5, 0.6) is 0 Å². The van der Waals surface area contributed by atoms with Gasteiger partial charge in [-0.05, 0) is 24.3 Å². The van der Waals surface area contributed by atoms with Crippen molar-refractivity contribution in [2.45, 2.75) is 44.5 Å². The number of aromatic nitrogens is 5. The first kappa shape index (κ1) is 28.9. The fourth-order valence-corrected chi connectivity index (χ4v) is 6.00. The topological polar surface area (TPSA) is 173 Å². The van der Waals surface area contributed by atoms with Crippen molar-refractivity contribution in [1.29, 1.82) is 0 Å². The molecule has 3 aromatic rings. The molecular weight excluding hydrogens is 564 g/mol. The largest absolute Gasteiger partial charge is 0.477 e. The van der Waals surface area contributed by atoms with Gasteiger partial charge in [-0.25, -0.2) is 9.48 Å². The van der Waals surface area contributed by atoms with Crippen LogP contribution in [-0.4, -0.2) is 87.4 Å². The zero-order valence-corrected chi connectivity index (χ0v) is 23.4. The van der Waals surface area contributed by atoms with E-state index in [1.807, 2.05) is 36.4 Å². The van der Waals surface area contributed by atoms with E-state index in [2.05, 4.69) is 30.5 Å². The van der Waals surface area contributed by atoms with E-state index in [0.717, 1.165) is 16.3 Å². The Morgan fingerprint density at radius 2 is 1.74 bits per heavy atom. The van der Waals surface area contributed by atoms with Crippen molar-refractivity contribution in [3.63, 3.8) is 0 Å². The number of aliphatic carboxylic acids is 1. The molecule has 2 aliphatic rings. The second-order valence-corrected chi connectivity index (χ2v) is 10.8. The Kier molecular flexibility index (Phi) is 8.88. The normalized spacial score (nSPS) is 18.0. The van der Waals surface area contributed by atoms with Gasteiger partial charge in [0, 0.05) is 50.3 Å². The summed E-state index contributed by atoms with van der Waals surface area (Å²) in [6.45, 7) is 2.38. The number of β-lactam (4-membered cyclic amide) rings is 1. The highest BCUT2D eigenvalue weighted by Crippen LogP contribution is 2.40. The number of pyridine rings is 2. The number of carbonyl (C=O) groups is 4. The molecule has 0 bridgehead atoms. The predicted molar refractivity (Wildman–Crippen MR) is 148 cm³/mol. The molecule has 5 rings (SSSR count). The number of nitrogens with zero attached hydrogens (tertiary/aromatic N) is 7. The summed E-state index contributed by atoms with van der Waals surface area (Å²) in [6.07, 6.45) is 5.14. The van der Waals surface area contributed by atoms with Crippen LogP contribution in [0.3, 0.4) is 0 Å². The molecule has 0 aromatic carbocycles.